The van der Waals surface area contributed by atoms with E-state index in [1.54, 1.807) is 0 Å². The fourth-order valence-electron chi connectivity index (χ4n) is 12.0. The monoisotopic (exact) mass is 748 g/mol. The summed E-state index contributed by atoms with van der Waals surface area (Å²) >= 11 is 4.20. The molecule has 0 spiro atoms. The minimum atomic E-state index is 0. The quantitative estimate of drug-likeness (QED) is 0.178. The zero-order valence-electron chi connectivity index (χ0n) is 24.8. The van der Waals surface area contributed by atoms with Gasteiger partial charge < -0.3 is 0 Å². The molecule has 42 heavy (non-hydrogen) atoms. The second-order valence-electron chi connectivity index (χ2n) is 15.7. The molecule has 5 heterocycles. The molecule has 5 saturated heterocycles. The Balaban J connectivity index is 0.00000267. The Bertz CT molecular complexity index is 959. The van der Waals surface area contributed by atoms with E-state index in [9.17, 15) is 0 Å². The van der Waals surface area contributed by atoms with Crippen LogP contribution in [0.5, 0.6) is 0 Å². The van der Waals surface area contributed by atoms with Crippen LogP contribution in [0, 0.1) is 47.3 Å². The SMILES string of the molecule is BrC1CCCC2C3NC4NC(NC5NC(NC6NC(NC(N3)C12)C1CCCCC61)C1CCCCC51)C1CCCCC41.[InH3]. The minimum absolute atomic E-state index is 0. The molecule has 17 unspecified atom stereocenters. The van der Waals surface area contributed by atoms with Gasteiger partial charge in [0, 0.05) is 10.7 Å². The van der Waals surface area contributed by atoms with Gasteiger partial charge in [0.25, 0.3) is 0 Å². The van der Waals surface area contributed by atoms with Gasteiger partial charge in [-0.05, 0) is 92.8 Å². The van der Waals surface area contributed by atoms with Crippen LogP contribution in [0.3, 0.4) is 0 Å². The molecule has 9 rings (SSSR count). The molecule has 5 aliphatic heterocycles. The van der Waals surface area contributed by atoms with E-state index < -0.39 is 0 Å². The molecule has 0 radical (unpaired) electrons. The van der Waals surface area contributed by atoms with Crippen molar-refractivity contribution in [2.45, 2.75) is 150 Å². The van der Waals surface area contributed by atoms with Crippen molar-refractivity contribution < 1.29 is 0 Å². The fraction of sp³-hybridized carbons (Fsp3) is 1.00. The van der Waals surface area contributed by atoms with Gasteiger partial charge in [0.05, 0.1) is 49.3 Å². The molecule has 4 saturated carbocycles. The summed E-state index contributed by atoms with van der Waals surface area (Å²) in [6.45, 7) is 0. The first-order valence-electron chi connectivity index (χ1n) is 17.9. The summed E-state index contributed by atoms with van der Waals surface area (Å²) in [5, 5.41) is 33.8. The van der Waals surface area contributed by atoms with Crippen LogP contribution in [-0.2, 0) is 0 Å². The third-order valence-electron chi connectivity index (χ3n) is 13.8. The second kappa shape index (κ2) is 12.6. The number of nitrogens with one attached hydrogen (secondary N) is 8. The number of fused-ring (bicyclic) bond motifs is 20. The summed E-state index contributed by atoms with van der Waals surface area (Å²) in [6.07, 6.45) is 23.7. The molecule has 0 aromatic rings. The molecule has 4 aliphatic carbocycles. The predicted molar refractivity (Wildman–Crippen MR) is 175 cm³/mol. The predicted octanol–water partition coefficient (Wildman–Crippen LogP) is 1.80. The Morgan fingerprint density at radius 2 is 0.571 bits per heavy atom. The van der Waals surface area contributed by atoms with Crippen LogP contribution in [0.4, 0.5) is 0 Å². The summed E-state index contributed by atoms with van der Waals surface area (Å²) in [6, 6.07) is 0. The first-order valence-corrected chi connectivity index (χ1v) is 18.9. The molecule has 0 amide bonds. The second-order valence-corrected chi connectivity index (χ2v) is 16.9. The van der Waals surface area contributed by atoms with Crippen molar-refractivity contribution in [3.05, 3.63) is 0 Å². The van der Waals surface area contributed by atoms with E-state index in [0.29, 0.717) is 66.0 Å². The van der Waals surface area contributed by atoms with Gasteiger partial charge in [0.2, 0.25) is 0 Å². The van der Waals surface area contributed by atoms with Crippen molar-refractivity contribution in [2.24, 2.45) is 47.3 Å². The molecule has 0 aromatic carbocycles. The Morgan fingerprint density at radius 1 is 0.310 bits per heavy atom. The van der Waals surface area contributed by atoms with E-state index in [1.165, 1.54) is 96.3 Å². The van der Waals surface area contributed by atoms with E-state index in [2.05, 4.69) is 58.5 Å². The van der Waals surface area contributed by atoms with Crippen LogP contribution >= 0.6 is 15.9 Å². The van der Waals surface area contributed by atoms with Crippen LogP contribution in [0.2, 0.25) is 0 Å². The average molecular weight is 750 g/mol. The Hall–Kier alpha value is 1.03. The summed E-state index contributed by atoms with van der Waals surface area (Å²) in [5.41, 5.74) is 0. The van der Waals surface area contributed by atoms with Crippen molar-refractivity contribution in [3.63, 3.8) is 0 Å². The summed E-state index contributed by atoms with van der Waals surface area (Å²) < 4.78 is 0. The van der Waals surface area contributed by atoms with Gasteiger partial charge in [-0.15, -0.1) is 0 Å². The Labute approximate surface area is 280 Å². The van der Waals surface area contributed by atoms with Crippen molar-refractivity contribution >= 4 is 41.8 Å². The fourth-order valence-corrected chi connectivity index (χ4v) is 13.0. The molecule has 8 N–H and O–H groups in total. The van der Waals surface area contributed by atoms with Crippen molar-refractivity contribution in [2.75, 3.05) is 0 Å². The van der Waals surface area contributed by atoms with Crippen LogP contribution in [-0.4, -0.2) is 80.0 Å². The molecule has 8 nitrogen and oxygen atoms in total. The molecule has 17 atom stereocenters. The topological polar surface area (TPSA) is 96.2 Å². The van der Waals surface area contributed by atoms with Gasteiger partial charge >= 0.3 is 25.8 Å². The van der Waals surface area contributed by atoms with Gasteiger partial charge in [-0.1, -0.05) is 60.9 Å². The van der Waals surface area contributed by atoms with Crippen LogP contribution in [0.25, 0.3) is 0 Å². The van der Waals surface area contributed by atoms with E-state index in [0.717, 1.165) is 35.5 Å². The third kappa shape index (κ3) is 5.24. The number of alkyl halides is 1. The van der Waals surface area contributed by atoms with Crippen molar-refractivity contribution in [1.29, 1.82) is 0 Å². The van der Waals surface area contributed by atoms with Crippen LogP contribution in [0.15, 0.2) is 0 Å². The summed E-state index contributed by atoms with van der Waals surface area (Å²) in [7, 11) is 0. The van der Waals surface area contributed by atoms with Gasteiger partial charge in [-0.2, -0.15) is 0 Å². The Kier molecular flexibility index (Phi) is 9.09. The Morgan fingerprint density at radius 3 is 0.905 bits per heavy atom. The van der Waals surface area contributed by atoms with Gasteiger partial charge in [-0.3, -0.25) is 42.5 Å². The zero-order valence-corrected chi connectivity index (χ0v) is 26.4. The van der Waals surface area contributed by atoms with Crippen molar-refractivity contribution in [3.8, 4) is 0 Å². The molecule has 10 heteroatoms. The molecule has 236 valence electrons. The molecule has 8 bridgehead atoms. The maximum atomic E-state index is 4.26. The van der Waals surface area contributed by atoms with E-state index in [-0.39, 0.29) is 25.8 Å². The maximum absolute atomic E-state index is 4.26. The molecule has 0 aromatic heterocycles. The molecular formula is C32H58BrInN8. The van der Waals surface area contributed by atoms with E-state index in [1.807, 2.05) is 0 Å². The van der Waals surface area contributed by atoms with Crippen LogP contribution < -0.4 is 42.5 Å². The standard InChI is InChI=1S/C32H55BrN8.In.3H/c33-23-15-7-14-22-24(23)32-40-30-21-13-6-5-12-20(21)28(38-30)36-26-17-9-2-1-8-16(17)25(34-26)35-27-18-10-3-4-11-19(18)29(37-27)39-31(22)41-32;;;;/h16-32,34-41H,1-15H2;;;;. The third-order valence-corrected chi connectivity index (χ3v) is 14.9. The summed E-state index contributed by atoms with van der Waals surface area (Å²) in [4.78, 5) is 0.592. The normalized spacial score (nSPS) is 56.9. The zero-order chi connectivity index (χ0) is 27.1. The summed E-state index contributed by atoms with van der Waals surface area (Å²) in [5.74, 6) is 5.69. The number of halogens is 1. The number of hydrogen-bond donors (Lipinski definition) is 8. The van der Waals surface area contributed by atoms with E-state index in [4.69, 9.17) is 0 Å². The van der Waals surface area contributed by atoms with Gasteiger partial charge in [0.15, 0.2) is 0 Å². The van der Waals surface area contributed by atoms with E-state index >= 15 is 0 Å². The first kappa shape index (κ1) is 30.4. The molecule has 9 fully saturated rings. The van der Waals surface area contributed by atoms with Crippen LogP contribution in [0.1, 0.15) is 96.3 Å². The molecule has 9 aliphatic rings. The number of hydrogen-bond acceptors (Lipinski definition) is 8. The average Bonchev–Trinajstić information content (AvgIpc) is 3.73. The van der Waals surface area contributed by atoms with Crippen molar-refractivity contribution in [1.82, 2.24) is 42.5 Å². The molecular weight excluding hydrogens is 691 g/mol. The van der Waals surface area contributed by atoms with Gasteiger partial charge in [-0.25, -0.2) is 0 Å². The number of rotatable bonds is 0. The first-order chi connectivity index (χ1) is 20.2. The van der Waals surface area contributed by atoms with Gasteiger partial charge in [0.1, 0.15) is 0 Å².